The first-order valence-electron chi connectivity index (χ1n) is 10.3. The Morgan fingerprint density at radius 1 is 1.32 bits per heavy atom. The Hall–Kier alpha value is -3.44. The van der Waals surface area contributed by atoms with Gasteiger partial charge in [0.25, 0.3) is 11.5 Å². The molecule has 2 aliphatic heterocycles. The van der Waals surface area contributed by atoms with Gasteiger partial charge in [-0.2, -0.15) is 10.4 Å². The first-order valence-corrected chi connectivity index (χ1v) is 10.3. The van der Waals surface area contributed by atoms with Gasteiger partial charge in [0.1, 0.15) is 12.2 Å². The maximum absolute atomic E-state index is 12.2. The summed E-state index contributed by atoms with van der Waals surface area (Å²) in [5, 5.41) is 12.5. The van der Waals surface area contributed by atoms with Crippen molar-refractivity contribution < 1.29 is 9.53 Å². The molecule has 0 unspecified atom stereocenters. The zero-order valence-electron chi connectivity index (χ0n) is 17.5. The first kappa shape index (κ1) is 20.8. The predicted octanol–water partition coefficient (Wildman–Crippen LogP) is 1.84. The van der Waals surface area contributed by atoms with E-state index in [1.165, 1.54) is 0 Å². The van der Waals surface area contributed by atoms with Gasteiger partial charge in [-0.15, -0.1) is 0 Å². The van der Waals surface area contributed by atoms with Crippen molar-refractivity contribution in [3.05, 3.63) is 63.6 Å². The summed E-state index contributed by atoms with van der Waals surface area (Å²) < 4.78 is 7.50. The van der Waals surface area contributed by atoms with Crippen molar-refractivity contribution in [2.75, 3.05) is 20.2 Å². The lowest BCUT2D eigenvalue weighted by atomic mass is 9.83. The van der Waals surface area contributed by atoms with Gasteiger partial charge in [0.05, 0.1) is 19.4 Å². The number of amides is 1. The van der Waals surface area contributed by atoms with Gasteiger partial charge in [0.2, 0.25) is 0 Å². The van der Waals surface area contributed by atoms with Crippen LogP contribution < -0.4 is 15.7 Å². The van der Waals surface area contributed by atoms with Crippen molar-refractivity contribution in [2.45, 2.75) is 31.8 Å². The van der Waals surface area contributed by atoms with Gasteiger partial charge in [-0.3, -0.25) is 14.5 Å². The minimum Gasteiger partial charge on any atom is -0.496 e. The molecule has 0 saturated carbocycles. The van der Waals surface area contributed by atoms with Gasteiger partial charge in [0.15, 0.2) is 0 Å². The predicted molar refractivity (Wildman–Crippen MR) is 116 cm³/mol. The van der Waals surface area contributed by atoms with Gasteiger partial charge in [-0.05, 0) is 42.2 Å². The molecule has 1 saturated heterocycles. The minimum atomic E-state index is -0.438. The smallest absolute Gasteiger partial charge is 0.254 e. The average molecular weight is 419 g/mol. The molecule has 8 nitrogen and oxygen atoms in total. The van der Waals surface area contributed by atoms with E-state index in [2.05, 4.69) is 21.5 Å². The molecule has 0 radical (unpaired) electrons. The lowest BCUT2D eigenvalue weighted by molar-refractivity contribution is -0.120. The van der Waals surface area contributed by atoms with E-state index < -0.39 is 5.91 Å². The van der Waals surface area contributed by atoms with Crippen LogP contribution in [0.25, 0.3) is 0 Å². The number of nitrogens with one attached hydrogen (secondary N) is 1. The summed E-state index contributed by atoms with van der Waals surface area (Å²) in [6.45, 7) is 3.33. The number of hydrogen-bond donors (Lipinski definition) is 1. The highest BCUT2D eigenvalue weighted by molar-refractivity contribution is 5.83. The number of carbonyl (C=O) groups excluding carboxylic acids is 1. The highest BCUT2D eigenvalue weighted by Crippen LogP contribution is 2.36. The zero-order valence-corrected chi connectivity index (χ0v) is 17.5. The highest BCUT2D eigenvalue weighted by Gasteiger charge is 2.34. The lowest BCUT2D eigenvalue weighted by Gasteiger charge is -2.42. The summed E-state index contributed by atoms with van der Waals surface area (Å²) in [5.74, 6) is 1.18. The van der Waals surface area contributed by atoms with Gasteiger partial charge in [0, 0.05) is 49.4 Å². The van der Waals surface area contributed by atoms with Crippen LogP contribution in [0.1, 0.15) is 35.6 Å². The fourth-order valence-electron chi connectivity index (χ4n) is 4.66. The van der Waals surface area contributed by atoms with E-state index >= 15 is 0 Å². The van der Waals surface area contributed by atoms with Crippen molar-refractivity contribution in [1.82, 2.24) is 14.9 Å². The van der Waals surface area contributed by atoms with Crippen LogP contribution in [0.15, 0.2) is 46.3 Å². The quantitative estimate of drug-likeness (QED) is 0.569. The summed E-state index contributed by atoms with van der Waals surface area (Å²) in [4.78, 5) is 26.0. The summed E-state index contributed by atoms with van der Waals surface area (Å²) in [5.41, 5.74) is 5.45. The molecule has 1 aromatic heterocycles. The summed E-state index contributed by atoms with van der Waals surface area (Å²) in [6, 6.07) is 13.1. The number of pyridine rings is 1. The van der Waals surface area contributed by atoms with Crippen LogP contribution >= 0.6 is 0 Å². The van der Waals surface area contributed by atoms with Crippen molar-refractivity contribution in [3.8, 4) is 11.8 Å². The van der Waals surface area contributed by atoms with Crippen molar-refractivity contribution in [3.63, 3.8) is 0 Å². The number of benzene rings is 1. The molecule has 2 aromatic rings. The largest absolute Gasteiger partial charge is 0.496 e. The monoisotopic (exact) mass is 419 g/mol. The molecule has 3 heterocycles. The van der Waals surface area contributed by atoms with E-state index in [9.17, 15) is 9.59 Å². The number of ether oxygens (including phenoxy) is 1. The normalized spacial score (nSPS) is 20.1. The molecule has 1 amide bonds. The maximum Gasteiger partial charge on any atom is 0.254 e. The van der Waals surface area contributed by atoms with Crippen LogP contribution in [-0.2, 0) is 17.9 Å². The topological polar surface area (TPSA) is 99.7 Å². The molecule has 1 aromatic carbocycles. The lowest BCUT2D eigenvalue weighted by Crippen LogP contribution is -2.46. The molecule has 4 rings (SSSR count). The number of nitriles is 1. The van der Waals surface area contributed by atoms with Crippen LogP contribution in [0.4, 0.5) is 0 Å². The third kappa shape index (κ3) is 4.67. The number of carbonyl (C=O) groups is 1. The fraction of sp³-hybridized carbons (Fsp3) is 0.391. The van der Waals surface area contributed by atoms with Gasteiger partial charge < -0.3 is 9.30 Å². The molecule has 2 atom stereocenters. The molecule has 2 aliphatic rings. The Morgan fingerprint density at radius 3 is 3.00 bits per heavy atom. The van der Waals surface area contributed by atoms with Crippen LogP contribution in [0, 0.1) is 17.2 Å². The summed E-state index contributed by atoms with van der Waals surface area (Å²) in [6.07, 6.45) is 2.45. The van der Waals surface area contributed by atoms with E-state index in [1.807, 2.05) is 28.8 Å². The van der Waals surface area contributed by atoms with Crippen LogP contribution in [-0.4, -0.2) is 41.8 Å². The number of piperidine rings is 1. The number of fused-ring (bicyclic) bond motifs is 4. The molecule has 0 spiro atoms. The third-order valence-corrected chi connectivity index (χ3v) is 5.90. The van der Waals surface area contributed by atoms with Crippen molar-refractivity contribution in [2.24, 2.45) is 11.0 Å². The molecule has 160 valence electrons. The Balaban J connectivity index is 1.49. The number of hydrazone groups is 1. The van der Waals surface area contributed by atoms with Crippen LogP contribution in [0.3, 0.4) is 0 Å². The summed E-state index contributed by atoms with van der Waals surface area (Å²) >= 11 is 0. The fourth-order valence-corrected chi connectivity index (χ4v) is 4.66. The van der Waals surface area contributed by atoms with Gasteiger partial charge in [-0.25, -0.2) is 5.43 Å². The first-order chi connectivity index (χ1) is 15.1. The second-order valence-electron chi connectivity index (χ2n) is 8.09. The minimum absolute atomic E-state index is 0.0937. The molecule has 0 aliphatic carbocycles. The molecular weight excluding hydrogens is 394 g/mol. The number of nitrogens with zero attached hydrogens (tertiary/aromatic N) is 4. The van der Waals surface area contributed by atoms with Crippen molar-refractivity contribution >= 4 is 12.1 Å². The second-order valence-corrected chi connectivity index (χ2v) is 8.09. The second kappa shape index (κ2) is 9.14. The number of aromatic nitrogens is 1. The number of rotatable bonds is 6. The van der Waals surface area contributed by atoms with Gasteiger partial charge in [-0.1, -0.05) is 6.07 Å². The zero-order chi connectivity index (χ0) is 21.8. The molecule has 31 heavy (non-hydrogen) atoms. The molecule has 2 bridgehead atoms. The van der Waals surface area contributed by atoms with E-state index in [-0.39, 0.29) is 12.0 Å². The number of methoxy groups -OCH3 is 1. The number of likely N-dealkylation sites (tertiary alicyclic amines) is 1. The van der Waals surface area contributed by atoms with Crippen molar-refractivity contribution in [1.29, 1.82) is 5.26 Å². The third-order valence-electron chi connectivity index (χ3n) is 5.90. The van der Waals surface area contributed by atoms with E-state index in [0.717, 1.165) is 55.2 Å². The number of hydrogen-bond acceptors (Lipinski definition) is 6. The Morgan fingerprint density at radius 2 is 2.19 bits per heavy atom. The van der Waals surface area contributed by atoms with Gasteiger partial charge >= 0.3 is 0 Å². The van der Waals surface area contributed by atoms with Crippen LogP contribution in [0.5, 0.6) is 5.75 Å². The van der Waals surface area contributed by atoms with E-state index in [0.29, 0.717) is 11.8 Å². The average Bonchev–Trinajstić information content (AvgIpc) is 2.75. The van der Waals surface area contributed by atoms with E-state index in [1.54, 1.807) is 25.5 Å². The highest BCUT2D eigenvalue weighted by atomic mass is 16.5. The standard InChI is InChI=1S/C23H25N5O3/c1-31-21-6-5-16(11-25-26-22(29)7-8-24)9-19(21)15-27-12-17-10-18(14-27)20-3-2-4-23(30)28(20)13-17/h2-6,9,11,17-18H,7,10,12-15H2,1H3,(H,26,29)/t17-,18-/m0/s1. The SMILES string of the molecule is COc1ccc(C=NNC(=O)CC#N)cc1CN1C[C@@H]2C[C@@H](C1)c1cccc(=O)n1C2. The Labute approximate surface area is 180 Å². The molecule has 8 heteroatoms. The molecular formula is C23H25N5O3. The van der Waals surface area contributed by atoms with E-state index in [4.69, 9.17) is 10.00 Å². The summed E-state index contributed by atoms with van der Waals surface area (Å²) in [7, 11) is 1.66. The molecule has 1 fully saturated rings. The van der Waals surface area contributed by atoms with Crippen LogP contribution in [0.2, 0.25) is 0 Å². The molecule has 1 N–H and O–H groups in total. The Bertz CT molecular complexity index is 1100. The maximum atomic E-state index is 12.2. The Kier molecular flexibility index (Phi) is 6.14.